The highest BCUT2D eigenvalue weighted by Gasteiger charge is 2.20. The van der Waals surface area contributed by atoms with Gasteiger partial charge in [-0.2, -0.15) is 0 Å². The van der Waals surface area contributed by atoms with Gasteiger partial charge in [-0.3, -0.25) is 9.79 Å². The molecule has 170 valence electrons. The number of nitrogens with zero attached hydrogens (tertiary/aromatic N) is 1. The van der Waals surface area contributed by atoms with Crippen molar-refractivity contribution in [3.63, 3.8) is 0 Å². The van der Waals surface area contributed by atoms with E-state index in [1.165, 1.54) is 12.8 Å². The molecule has 3 N–H and O–H groups in total. The molecule has 0 spiro atoms. The van der Waals surface area contributed by atoms with E-state index in [4.69, 9.17) is 13.9 Å². The Balaban J connectivity index is 0.00000341. The first-order valence-corrected chi connectivity index (χ1v) is 10.3. The van der Waals surface area contributed by atoms with E-state index in [0.717, 1.165) is 29.9 Å². The van der Waals surface area contributed by atoms with E-state index in [1.54, 1.807) is 26.5 Å². The zero-order valence-electron chi connectivity index (χ0n) is 18.0. The van der Waals surface area contributed by atoms with Gasteiger partial charge in [0, 0.05) is 19.2 Å². The molecule has 2 aromatic rings. The van der Waals surface area contributed by atoms with Crippen molar-refractivity contribution in [1.29, 1.82) is 0 Å². The zero-order valence-corrected chi connectivity index (χ0v) is 20.3. The van der Waals surface area contributed by atoms with Crippen molar-refractivity contribution < 1.29 is 18.7 Å². The van der Waals surface area contributed by atoms with Gasteiger partial charge in [0.1, 0.15) is 5.76 Å². The molecule has 1 aromatic carbocycles. The van der Waals surface area contributed by atoms with Crippen LogP contribution < -0.4 is 25.4 Å². The van der Waals surface area contributed by atoms with Gasteiger partial charge in [0.15, 0.2) is 17.5 Å². The predicted octanol–water partition coefficient (Wildman–Crippen LogP) is 3.21. The molecular weight excluding hydrogens is 511 g/mol. The summed E-state index contributed by atoms with van der Waals surface area (Å²) in [5.41, 5.74) is 0.978. The lowest BCUT2D eigenvalue weighted by Gasteiger charge is -2.20. The van der Waals surface area contributed by atoms with Crippen molar-refractivity contribution in [1.82, 2.24) is 16.0 Å². The van der Waals surface area contributed by atoms with E-state index < -0.39 is 0 Å². The number of rotatable bonds is 9. The van der Waals surface area contributed by atoms with E-state index >= 15 is 0 Å². The number of methoxy groups -OCH3 is 1. The van der Waals surface area contributed by atoms with Gasteiger partial charge in [-0.05, 0) is 43.9 Å². The predicted molar refractivity (Wildman–Crippen MR) is 130 cm³/mol. The molecule has 0 bridgehead atoms. The summed E-state index contributed by atoms with van der Waals surface area (Å²) in [6.07, 6.45) is 6.35. The second kappa shape index (κ2) is 13.1. The number of carbonyl (C=O) groups excluding carboxylic acids is 1. The van der Waals surface area contributed by atoms with Crippen LogP contribution in [-0.2, 0) is 17.9 Å². The normalized spacial score (nSPS) is 13.9. The minimum atomic E-state index is -0.152. The lowest BCUT2D eigenvalue weighted by atomic mass is 10.1. The maximum Gasteiger partial charge on any atom is 0.239 e. The highest BCUT2D eigenvalue weighted by molar-refractivity contribution is 14.0. The highest BCUT2D eigenvalue weighted by atomic mass is 127. The van der Waals surface area contributed by atoms with Crippen LogP contribution in [0.3, 0.4) is 0 Å². The number of hydrogen-bond acceptors (Lipinski definition) is 5. The van der Waals surface area contributed by atoms with Crippen molar-refractivity contribution in [2.45, 2.75) is 44.9 Å². The van der Waals surface area contributed by atoms with Gasteiger partial charge in [0.25, 0.3) is 0 Å². The fourth-order valence-corrected chi connectivity index (χ4v) is 3.39. The van der Waals surface area contributed by atoms with E-state index in [9.17, 15) is 4.79 Å². The van der Waals surface area contributed by atoms with Crippen molar-refractivity contribution in [3.8, 4) is 11.5 Å². The van der Waals surface area contributed by atoms with Crippen LogP contribution in [0.2, 0.25) is 0 Å². The van der Waals surface area contributed by atoms with Gasteiger partial charge in [-0.15, -0.1) is 24.0 Å². The Morgan fingerprint density at radius 3 is 2.61 bits per heavy atom. The van der Waals surface area contributed by atoms with E-state index in [2.05, 4.69) is 20.9 Å². The van der Waals surface area contributed by atoms with Gasteiger partial charge in [0.05, 0.1) is 32.6 Å². The van der Waals surface area contributed by atoms with E-state index in [-0.39, 0.29) is 42.5 Å². The molecule has 1 aliphatic rings. The second-order valence-electron chi connectivity index (χ2n) is 7.11. The molecule has 1 amide bonds. The minimum absolute atomic E-state index is 0. The van der Waals surface area contributed by atoms with Crippen LogP contribution in [0.4, 0.5) is 0 Å². The van der Waals surface area contributed by atoms with Crippen molar-refractivity contribution in [2.24, 2.45) is 4.99 Å². The molecule has 1 heterocycles. The molecule has 0 saturated heterocycles. The number of nitrogens with one attached hydrogen (secondary N) is 3. The van der Waals surface area contributed by atoms with Crippen LogP contribution in [-0.4, -0.2) is 38.7 Å². The molecule has 0 aliphatic heterocycles. The number of aliphatic imine (C=N–C) groups is 1. The monoisotopic (exact) mass is 542 g/mol. The molecule has 0 unspecified atom stereocenters. The fraction of sp³-hybridized carbons (Fsp3) is 0.455. The Morgan fingerprint density at radius 1 is 1.13 bits per heavy atom. The molecule has 0 radical (unpaired) electrons. The minimum Gasteiger partial charge on any atom is -0.493 e. The topological polar surface area (TPSA) is 97.1 Å². The summed E-state index contributed by atoms with van der Waals surface area (Å²) in [6.45, 7) is 0.947. The average Bonchev–Trinajstić information content (AvgIpc) is 3.47. The smallest absolute Gasteiger partial charge is 0.239 e. The number of amides is 1. The standard InChI is InChI=1S/C22H30N4O4.HI/c1-23-22(26-15-20(27)24-14-18-10-6-12-29-18)25-13-16-7-5-11-19(28-2)21(16)30-17-8-3-4-9-17;/h5-7,10-12,17H,3-4,8-9,13-15H2,1-2H3,(H,24,27)(H2,23,25,26);1H. The molecule has 1 saturated carbocycles. The Morgan fingerprint density at radius 2 is 1.94 bits per heavy atom. The number of guanidine groups is 1. The third kappa shape index (κ3) is 7.64. The maximum absolute atomic E-state index is 12.0. The van der Waals surface area contributed by atoms with Crippen LogP contribution in [0.5, 0.6) is 11.5 Å². The number of benzene rings is 1. The van der Waals surface area contributed by atoms with Crippen LogP contribution in [0.25, 0.3) is 0 Å². The van der Waals surface area contributed by atoms with Crippen LogP contribution in [0.1, 0.15) is 37.0 Å². The number of para-hydroxylation sites is 1. The van der Waals surface area contributed by atoms with Crippen LogP contribution >= 0.6 is 24.0 Å². The molecule has 31 heavy (non-hydrogen) atoms. The molecule has 9 heteroatoms. The molecule has 3 rings (SSSR count). The quantitative estimate of drug-likeness (QED) is 0.256. The molecule has 1 aliphatic carbocycles. The summed E-state index contributed by atoms with van der Waals surface area (Å²) >= 11 is 0. The largest absolute Gasteiger partial charge is 0.493 e. The van der Waals surface area contributed by atoms with Gasteiger partial charge in [0.2, 0.25) is 5.91 Å². The number of carbonyl (C=O) groups is 1. The first-order valence-electron chi connectivity index (χ1n) is 10.3. The number of halogens is 1. The summed E-state index contributed by atoms with van der Waals surface area (Å²) in [5.74, 6) is 2.57. The number of ether oxygens (including phenoxy) is 2. The fourth-order valence-electron chi connectivity index (χ4n) is 3.39. The Labute approximate surface area is 200 Å². The van der Waals surface area contributed by atoms with E-state index in [1.807, 2.05) is 24.3 Å². The first kappa shape index (κ1) is 24.8. The molecule has 1 fully saturated rings. The Hall–Kier alpha value is -2.43. The summed E-state index contributed by atoms with van der Waals surface area (Å²) in [7, 11) is 3.31. The van der Waals surface area contributed by atoms with Gasteiger partial charge in [-0.25, -0.2) is 0 Å². The van der Waals surface area contributed by atoms with Gasteiger partial charge >= 0.3 is 0 Å². The van der Waals surface area contributed by atoms with Gasteiger partial charge in [-0.1, -0.05) is 12.1 Å². The number of furan rings is 1. The second-order valence-corrected chi connectivity index (χ2v) is 7.11. The SMILES string of the molecule is CN=C(NCC(=O)NCc1ccco1)NCc1cccc(OC)c1OC1CCCC1.I. The average molecular weight is 542 g/mol. The summed E-state index contributed by atoms with van der Waals surface area (Å²) in [4.78, 5) is 16.2. The molecule has 8 nitrogen and oxygen atoms in total. The third-order valence-electron chi connectivity index (χ3n) is 4.99. The maximum atomic E-state index is 12.0. The van der Waals surface area contributed by atoms with Crippen LogP contribution in [0.15, 0.2) is 46.0 Å². The van der Waals surface area contributed by atoms with Gasteiger partial charge < -0.3 is 29.8 Å². The lowest BCUT2D eigenvalue weighted by molar-refractivity contribution is -0.120. The zero-order chi connectivity index (χ0) is 21.2. The Kier molecular flexibility index (Phi) is 10.5. The van der Waals surface area contributed by atoms with Crippen molar-refractivity contribution in [2.75, 3.05) is 20.7 Å². The molecular formula is C22H31IN4O4. The summed E-state index contributed by atoms with van der Waals surface area (Å²) in [6, 6.07) is 9.45. The summed E-state index contributed by atoms with van der Waals surface area (Å²) < 4.78 is 17.0. The summed E-state index contributed by atoms with van der Waals surface area (Å²) in [5, 5.41) is 9.04. The van der Waals surface area contributed by atoms with E-state index in [0.29, 0.717) is 24.8 Å². The van der Waals surface area contributed by atoms with Crippen molar-refractivity contribution >= 4 is 35.8 Å². The van der Waals surface area contributed by atoms with Crippen LogP contribution in [0, 0.1) is 0 Å². The highest BCUT2D eigenvalue weighted by Crippen LogP contribution is 2.34. The Bertz CT molecular complexity index is 836. The first-order chi connectivity index (χ1) is 14.7. The molecule has 0 atom stereocenters. The third-order valence-corrected chi connectivity index (χ3v) is 4.99. The van der Waals surface area contributed by atoms with Crippen molar-refractivity contribution in [3.05, 3.63) is 47.9 Å². The molecule has 1 aromatic heterocycles. The number of hydrogen-bond donors (Lipinski definition) is 3. The lowest BCUT2D eigenvalue weighted by Crippen LogP contribution is -2.42.